The van der Waals surface area contributed by atoms with Crippen LogP contribution in [0.4, 0.5) is 5.82 Å². The fourth-order valence-corrected chi connectivity index (χ4v) is 3.47. The van der Waals surface area contributed by atoms with E-state index in [4.69, 9.17) is 5.11 Å². The van der Waals surface area contributed by atoms with Gasteiger partial charge in [-0.3, -0.25) is 4.90 Å². The quantitative estimate of drug-likeness (QED) is 0.860. The fourth-order valence-electron chi connectivity index (χ4n) is 3.47. The van der Waals surface area contributed by atoms with Crippen molar-refractivity contribution in [2.75, 3.05) is 25.0 Å². The number of fused-ring (bicyclic) bond motifs is 2. The topological polar surface area (TPSA) is 56.7 Å². The van der Waals surface area contributed by atoms with Crippen molar-refractivity contribution in [3.05, 3.63) is 30.0 Å². The third kappa shape index (κ3) is 2.93. The number of aliphatic carboxylic acids is 1. The van der Waals surface area contributed by atoms with Crippen LogP contribution in [-0.4, -0.2) is 53.2 Å². The Hall–Kier alpha value is -1.88. The molecule has 0 saturated carbocycles. The zero-order chi connectivity index (χ0) is 14.8. The molecule has 0 radical (unpaired) electrons. The minimum Gasteiger partial charge on any atom is -0.478 e. The summed E-state index contributed by atoms with van der Waals surface area (Å²) in [4.78, 5) is 20.0. The molecule has 0 amide bonds. The molecule has 0 aromatic carbocycles. The molecule has 0 aliphatic carbocycles. The van der Waals surface area contributed by atoms with E-state index in [9.17, 15) is 4.79 Å². The highest BCUT2D eigenvalue weighted by Gasteiger charge is 2.35. The van der Waals surface area contributed by atoms with Gasteiger partial charge in [0, 0.05) is 43.0 Å². The lowest BCUT2D eigenvalue weighted by molar-refractivity contribution is -0.131. The first kappa shape index (κ1) is 14.1. The maximum atomic E-state index is 10.7. The van der Waals surface area contributed by atoms with E-state index in [2.05, 4.69) is 21.8 Å². The van der Waals surface area contributed by atoms with Crippen molar-refractivity contribution in [3.63, 3.8) is 0 Å². The molecule has 2 unspecified atom stereocenters. The zero-order valence-corrected chi connectivity index (χ0v) is 12.3. The SMILES string of the molecule is CN1C2CCC1CN(c1ncccc1/C=C/C(=O)O)CC2. The lowest BCUT2D eigenvalue weighted by atomic mass is 10.1. The van der Waals surface area contributed by atoms with E-state index < -0.39 is 5.97 Å². The molecule has 0 spiro atoms. The van der Waals surface area contributed by atoms with Gasteiger partial charge in [0.1, 0.15) is 5.82 Å². The summed E-state index contributed by atoms with van der Waals surface area (Å²) in [6.45, 7) is 1.95. The first-order valence-electron chi connectivity index (χ1n) is 7.48. The molecule has 1 aromatic rings. The number of aromatic nitrogens is 1. The monoisotopic (exact) mass is 287 g/mol. The molecule has 2 atom stereocenters. The molecule has 21 heavy (non-hydrogen) atoms. The van der Waals surface area contributed by atoms with Crippen LogP contribution >= 0.6 is 0 Å². The Morgan fingerprint density at radius 3 is 3.00 bits per heavy atom. The number of hydrogen-bond donors (Lipinski definition) is 1. The predicted molar refractivity (Wildman–Crippen MR) is 82.3 cm³/mol. The van der Waals surface area contributed by atoms with Gasteiger partial charge in [-0.25, -0.2) is 9.78 Å². The Kier molecular flexibility index (Phi) is 3.92. The summed E-state index contributed by atoms with van der Waals surface area (Å²) < 4.78 is 0. The Morgan fingerprint density at radius 1 is 1.38 bits per heavy atom. The van der Waals surface area contributed by atoms with Gasteiger partial charge in [0.15, 0.2) is 0 Å². The number of carboxylic acid groups (broad SMARTS) is 1. The number of carboxylic acids is 1. The van der Waals surface area contributed by atoms with Gasteiger partial charge in [-0.1, -0.05) is 0 Å². The van der Waals surface area contributed by atoms with Crippen LogP contribution < -0.4 is 4.90 Å². The van der Waals surface area contributed by atoms with Gasteiger partial charge in [0.05, 0.1) is 0 Å². The van der Waals surface area contributed by atoms with Gasteiger partial charge in [0.2, 0.25) is 0 Å². The maximum absolute atomic E-state index is 10.7. The highest BCUT2D eigenvalue weighted by Crippen LogP contribution is 2.31. The van der Waals surface area contributed by atoms with Crippen molar-refractivity contribution >= 4 is 17.9 Å². The Morgan fingerprint density at radius 2 is 2.19 bits per heavy atom. The molecule has 2 aliphatic rings. The number of likely N-dealkylation sites (N-methyl/N-ethyl adjacent to an activating group) is 1. The molecular weight excluding hydrogens is 266 g/mol. The lowest BCUT2D eigenvalue weighted by Gasteiger charge is -2.27. The Bertz CT molecular complexity index is 558. The standard InChI is InChI=1S/C16H21N3O2/c1-18-13-5-6-14(18)11-19(10-8-13)16-12(3-2-9-17-16)4-7-15(20)21/h2-4,7,9,13-14H,5-6,8,10-11H2,1H3,(H,20,21)/b7-4+. The molecule has 2 saturated heterocycles. The summed E-state index contributed by atoms with van der Waals surface area (Å²) in [7, 11) is 2.22. The molecular formula is C16H21N3O2. The van der Waals surface area contributed by atoms with Crippen molar-refractivity contribution < 1.29 is 9.90 Å². The highest BCUT2D eigenvalue weighted by molar-refractivity contribution is 5.86. The first-order valence-corrected chi connectivity index (χ1v) is 7.48. The first-order chi connectivity index (χ1) is 10.1. The smallest absolute Gasteiger partial charge is 0.328 e. The molecule has 3 rings (SSSR count). The summed E-state index contributed by atoms with van der Waals surface area (Å²) in [5, 5.41) is 8.81. The summed E-state index contributed by atoms with van der Waals surface area (Å²) >= 11 is 0. The second kappa shape index (κ2) is 5.85. The normalized spacial score (nSPS) is 26.2. The predicted octanol–water partition coefficient (Wildman–Crippen LogP) is 1.85. The molecule has 112 valence electrons. The van der Waals surface area contributed by atoms with Crippen molar-refractivity contribution in [1.29, 1.82) is 0 Å². The molecule has 5 nitrogen and oxygen atoms in total. The third-order valence-electron chi connectivity index (χ3n) is 4.67. The summed E-state index contributed by atoms with van der Waals surface area (Å²) in [5.74, 6) is -0.0320. The number of nitrogens with zero attached hydrogens (tertiary/aromatic N) is 3. The van der Waals surface area contributed by atoms with Crippen LogP contribution in [0.15, 0.2) is 24.4 Å². The molecule has 1 N–H and O–H groups in total. The summed E-state index contributed by atoms with van der Waals surface area (Å²) in [6, 6.07) is 5.04. The van der Waals surface area contributed by atoms with E-state index in [1.54, 1.807) is 12.3 Å². The Balaban J connectivity index is 1.85. The van der Waals surface area contributed by atoms with E-state index in [1.165, 1.54) is 18.9 Å². The van der Waals surface area contributed by atoms with Gasteiger partial charge in [-0.2, -0.15) is 0 Å². The zero-order valence-electron chi connectivity index (χ0n) is 12.3. The highest BCUT2D eigenvalue weighted by atomic mass is 16.4. The molecule has 2 fully saturated rings. The number of hydrogen-bond acceptors (Lipinski definition) is 4. The van der Waals surface area contributed by atoms with E-state index in [1.807, 2.05) is 12.1 Å². The van der Waals surface area contributed by atoms with Crippen molar-refractivity contribution in [1.82, 2.24) is 9.88 Å². The van der Waals surface area contributed by atoms with Gasteiger partial charge >= 0.3 is 5.97 Å². The second-order valence-corrected chi connectivity index (χ2v) is 5.87. The van der Waals surface area contributed by atoms with E-state index >= 15 is 0 Å². The second-order valence-electron chi connectivity index (χ2n) is 5.87. The molecule has 5 heteroatoms. The van der Waals surface area contributed by atoms with Gasteiger partial charge in [-0.15, -0.1) is 0 Å². The van der Waals surface area contributed by atoms with Crippen LogP contribution in [0.1, 0.15) is 24.8 Å². The molecule has 2 aliphatic heterocycles. The largest absolute Gasteiger partial charge is 0.478 e. The summed E-state index contributed by atoms with van der Waals surface area (Å²) in [5.41, 5.74) is 0.875. The van der Waals surface area contributed by atoms with Crippen molar-refractivity contribution in [3.8, 4) is 0 Å². The van der Waals surface area contributed by atoms with E-state index in [0.29, 0.717) is 12.1 Å². The van der Waals surface area contributed by atoms with E-state index in [0.717, 1.165) is 30.9 Å². The molecule has 1 aromatic heterocycles. The van der Waals surface area contributed by atoms with Crippen LogP contribution in [0.2, 0.25) is 0 Å². The van der Waals surface area contributed by atoms with Crippen LogP contribution in [0.5, 0.6) is 0 Å². The minimum atomic E-state index is -0.931. The van der Waals surface area contributed by atoms with Crippen LogP contribution in [0.25, 0.3) is 6.08 Å². The van der Waals surface area contributed by atoms with E-state index in [-0.39, 0.29) is 0 Å². The summed E-state index contributed by atoms with van der Waals surface area (Å²) in [6.07, 6.45) is 8.27. The van der Waals surface area contributed by atoms with Crippen molar-refractivity contribution in [2.45, 2.75) is 31.3 Å². The average molecular weight is 287 g/mol. The van der Waals surface area contributed by atoms with Crippen LogP contribution in [0, 0.1) is 0 Å². The third-order valence-corrected chi connectivity index (χ3v) is 4.67. The van der Waals surface area contributed by atoms with Gasteiger partial charge in [0.25, 0.3) is 0 Å². The lowest BCUT2D eigenvalue weighted by Crippen LogP contribution is -2.37. The van der Waals surface area contributed by atoms with Gasteiger partial charge in [-0.05, 0) is 44.5 Å². The number of carbonyl (C=O) groups is 1. The number of rotatable bonds is 3. The maximum Gasteiger partial charge on any atom is 0.328 e. The number of anilines is 1. The van der Waals surface area contributed by atoms with Crippen LogP contribution in [0.3, 0.4) is 0 Å². The molecule has 2 bridgehead atoms. The van der Waals surface area contributed by atoms with Crippen molar-refractivity contribution in [2.24, 2.45) is 0 Å². The van der Waals surface area contributed by atoms with Crippen LogP contribution in [-0.2, 0) is 4.79 Å². The minimum absolute atomic E-state index is 0.579. The fraction of sp³-hybridized carbons (Fsp3) is 0.500. The average Bonchev–Trinajstić information content (AvgIpc) is 2.70. The Labute approximate surface area is 124 Å². The van der Waals surface area contributed by atoms with Gasteiger partial charge < -0.3 is 10.0 Å². The number of pyridine rings is 1. The molecule has 3 heterocycles.